The summed E-state index contributed by atoms with van der Waals surface area (Å²) in [6.07, 6.45) is 0. The molecule has 0 saturated heterocycles. The lowest BCUT2D eigenvalue weighted by Crippen LogP contribution is -2.29. The number of phenolic OH excluding ortho intramolecular Hbond substituents is 1. The van der Waals surface area contributed by atoms with Gasteiger partial charge in [0, 0.05) is 35.9 Å². The zero-order valence-corrected chi connectivity index (χ0v) is 28.8. The first-order chi connectivity index (χ1) is 22.8. The number of aromatic hydroxyl groups is 1. The zero-order valence-electron chi connectivity index (χ0n) is 27.3. The molecule has 3 aromatic carbocycles. The maximum atomic E-state index is 13.2. The molecular weight excluding hydrogens is 653 g/mol. The molecule has 0 spiro atoms. The van der Waals surface area contributed by atoms with E-state index in [0.717, 1.165) is 22.4 Å². The van der Waals surface area contributed by atoms with Gasteiger partial charge in [0.2, 0.25) is 0 Å². The number of ether oxygens (including phenoxy) is 2. The van der Waals surface area contributed by atoms with E-state index in [1.807, 2.05) is 64.1 Å². The molecule has 2 aromatic heterocycles. The molecule has 10 nitrogen and oxygen atoms in total. The number of carbonyl (C=O) groups is 1. The highest BCUT2D eigenvalue weighted by molar-refractivity contribution is 6.32. The summed E-state index contributed by atoms with van der Waals surface area (Å²) in [7, 11) is 1.54. The van der Waals surface area contributed by atoms with E-state index < -0.39 is 6.03 Å². The number of aryl methyl sites for hydroxylation is 1. The van der Waals surface area contributed by atoms with Gasteiger partial charge < -0.3 is 24.5 Å². The largest absolute Gasteiger partial charge is 0.508 e. The normalized spacial score (nSPS) is 11.3. The summed E-state index contributed by atoms with van der Waals surface area (Å²) in [6.45, 7) is 8.50. The van der Waals surface area contributed by atoms with E-state index >= 15 is 0 Å². The number of halogens is 2. The van der Waals surface area contributed by atoms with E-state index in [4.69, 9.17) is 32.7 Å². The minimum atomic E-state index is -0.437. The summed E-state index contributed by atoms with van der Waals surface area (Å²) >= 11 is 12.8. The van der Waals surface area contributed by atoms with Crippen LogP contribution < -0.4 is 25.7 Å². The number of phenols is 1. The summed E-state index contributed by atoms with van der Waals surface area (Å²) in [6, 6.07) is 22.6. The molecule has 0 aliphatic heterocycles. The Balaban J connectivity index is 1.27. The van der Waals surface area contributed by atoms with Crippen molar-refractivity contribution in [3.05, 3.63) is 127 Å². The Hall–Kier alpha value is -4.93. The average Bonchev–Trinajstić information content (AvgIpc) is 3.48. The smallest absolute Gasteiger partial charge is 0.320 e. The second-order valence-electron chi connectivity index (χ2n) is 12.3. The number of rotatable bonds is 10. The van der Waals surface area contributed by atoms with Crippen molar-refractivity contribution in [2.24, 2.45) is 0 Å². The fourth-order valence-electron chi connectivity index (χ4n) is 5.03. The van der Waals surface area contributed by atoms with Crippen molar-refractivity contribution < 1.29 is 19.4 Å². The number of hydrogen-bond donors (Lipinski definition) is 3. The average molecular weight is 691 g/mol. The van der Waals surface area contributed by atoms with Crippen molar-refractivity contribution in [2.45, 2.75) is 52.8 Å². The molecule has 48 heavy (non-hydrogen) atoms. The van der Waals surface area contributed by atoms with Crippen molar-refractivity contribution in [1.29, 1.82) is 0 Å². The van der Waals surface area contributed by atoms with Gasteiger partial charge in [-0.1, -0.05) is 80.4 Å². The van der Waals surface area contributed by atoms with Gasteiger partial charge in [0.25, 0.3) is 5.56 Å². The van der Waals surface area contributed by atoms with Crippen LogP contribution in [0.15, 0.2) is 83.7 Å². The van der Waals surface area contributed by atoms with Gasteiger partial charge in [-0.25, -0.2) is 9.48 Å². The van der Waals surface area contributed by atoms with Crippen LogP contribution in [0.25, 0.3) is 5.69 Å². The van der Waals surface area contributed by atoms with E-state index in [2.05, 4.69) is 15.7 Å². The Kier molecular flexibility index (Phi) is 10.4. The van der Waals surface area contributed by atoms with Gasteiger partial charge in [0.15, 0.2) is 0 Å². The molecule has 0 bridgehead atoms. The van der Waals surface area contributed by atoms with E-state index in [-0.39, 0.29) is 47.2 Å². The van der Waals surface area contributed by atoms with Gasteiger partial charge in [0.1, 0.15) is 34.7 Å². The lowest BCUT2D eigenvalue weighted by molar-refractivity contribution is 0.251. The Labute approximate surface area is 288 Å². The van der Waals surface area contributed by atoms with E-state index in [9.17, 15) is 14.7 Å². The molecule has 0 aliphatic rings. The van der Waals surface area contributed by atoms with Crippen molar-refractivity contribution >= 4 is 35.1 Å². The maximum Gasteiger partial charge on any atom is 0.320 e. The number of methoxy groups -OCH3 is 1. The maximum absolute atomic E-state index is 13.2. The molecule has 0 saturated carbocycles. The van der Waals surface area contributed by atoms with Gasteiger partial charge in [0.05, 0.1) is 30.1 Å². The highest BCUT2D eigenvalue weighted by Crippen LogP contribution is 2.29. The van der Waals surface area contributed by atoms with Gasteiger partial charge in [-0.3, -0.25) is 10.1 Å². The van der Waals surface area contributed by atoms with Crippen molar-refractivity contribution in [2.75, 3.05) is 12.4 Å². The molecule has 250 valence electrons. The molecule has 0 atom stereocenters. The lowest BCUT2D eigenvalue weighted by Gasteiger charge is -2.16. The van der Waals surface area contributed by atoms with Gasteiger partial charge >= 0.3 is 6.03 Å². The van der Waals surface area contributed by atoms with E-state index in [0.29, 0.717) is 28.0 Å². The Morgan fingerprint density at radius 3 is 2.40 bits per heavy atom. The summed E-state index contributed by atoms with van der Waals surface area (Å²) in [5.74, 6) is 1.36. The second kappa shape index (κ2) is 14.5. The third-order valence-corrected chi connectivity index (χ3v) is 8.35. The topological polar surface area (TPSA) is 120 Å². The first-order valence-electron chi connectivity index (χ1n) is 15.2. The number of benzene rings is 3. The zero-order chi connectivity index (χ0) is 34.6. The highest BCUT2D eigenvalue weighted by atomic mass is 35.5. The minimum Gasteiger partial charge on any atom is -0.508 e. The molecule has 3 N–H and O–H groups in total. The van der Waals surface area contributed by atoms with Crippen molar-refractivity contribution in [3.8, 4) is 22.9 Å². The fraction of sp³-hybridized carbons (Fsp3) is 0.250. The summed E-state index contributed by atoms with van der Waals surface area (Å²) in [4.78, 5) is 26.3. The minimum absolute atomic E-state index is 0.0341. The number of anilines is 1. The number of aromatic nitrogens is 3. The molecule has 0 unspecified atom stereocenters. The molecule has 0 aliphatic carbocycles. The van der Waals surface area contributed by atoms with Crippen LogP contribution in [0.3, 0.4) is 0 Å². The Bertz CT molecular complexity index is 2020. The molecule has 5 rings (SSSR count). The predicted molar refractivity (Wildman–Crippen MR) is 188 cm³/mol. The number of nitrogens with zero attached hydrogens (tertiary/aromatic N) is 3. The SMILES string of the molecule is COc1ccc(Cn2c(C)cc(OCc3ccccc3CNC(=O)Nc3cc(C(C)(C)C)nn3-c3cccc(O)c3)c(Cl)c2=O)cc1Cl. The van der Waals surface area contributed by atoms with Crippen LogP contribution in [0.2, 0.25) is 10.0 Å². The molecule has 2 heterocycles. The standard InChI is InChI=1S/C36H37Cl2N5O5/c1-22-15-30(33(38)34(45)42(22)20-23-13-14-29(47-5)28(37)16-23)48-21-25-10-7-6-9-24(25)19-39-35(46)40-32-18-31(36(2,3)4)41-43(32)26-11-8-12-27(44)17-26/h6-18,44H,19-21H2,1-5H3,(H2,39,40,46). The van der Waals surface area contributed by atoms with Gasteiger partial charge in [-0.05, 0) is 47.9 Å². The number of carbonyl (C=O) groups excluding carboxylic acids is 1. The second-order valence-corrected chi connectivity index (χ2v) is 13.1. The fourth-order valence-corrected chi connectivity index (χ4v) is 5.52. The lowest BCUT2D eigenvalue weighted by atomic mass is 9.92. The van der Waals surface area contributed by atoms with Crippen LogP contribution in [0.1, 0.15) is 48.8 Å². The summed E-state index contributed by atoms with van der Waals surface area (Å²) < 4.78 is 14.4. The van der Waals surface area contributed by atoms with E-state index in [1.165, 1.54) is 0 Å². The van der Waals surface area contributed by atoms with Crippen LogP contribution in [-0.2, 0) is 25.1 Å². The monoisotopic (exact) mass is 689 g/mol. The van der Waals surface area contributed by atoms with Gasteiger partial charge in [-0.2, -0.15) is 5.10 Å². The third kappa shape index (κ3) is 7.95. The molecular formula is C36H37Cl2N5O5. The predicted octanol–water partition coefficient (Wildman–Crippen LogP) is 7.61. The summed E-state index contributed by atoms with van der Waals surface area (Å²) in [5, 5.41) is 20.9. The summed E-state index contributed by atoms with van der Waals surface area (Å²) in [5.41, 5.74) is 3.84. The Morgan fingerprint density at radius 2 is 1.71 bits per heavy atom. The molecule has 5 aromatic rings. The number of urea groups is 1. The van der Waals surface area contributed by atoms with E-state index in [1.54, 1.807) is 58.8 Å². The molecule has 2 amide bonds. The molecule has 12 heteroatoms. The third-order valence-electron chi connectivity index (χ3n) is 7.71. The first kappa shape index (κ1) is 34.4. The molecule has 0 radical (unpaired) electrons. The molecule has 0 fully saturated rings. The van der Waals surface area contributed by atoms with Crippen LogP contribution in [0.4, 0.5) is 10.6 Å². The van der Waals surface area contributed by atoms with Crippen LogP contribution in [-0.4, -0.2) is 32.6 Å². The number of hydrogen-bond acceptors (Lipinski definition) is 6. The number of pyridine rings is 1. The number of amides is 2. The van der Waals surface area contributed by atoms with Crippen molar-refractivity contribution in [1.82, 2.24) is 19.7 Å². The van der Waals surface area contributed by atoms with Crippen LogP contribution in [0, 0.1) is 6.92 Å². The van der Waals surface area contributed by atoms with Crippen LogP contribution in [0.5, 0.6) is 17.2 Å². The number of nitrogens with one attached hydrogen (secondary N) is 2. The first-order valence-corrected chi connectivity index (χ1v) is 16.0. The van der Waals surface area contributed by atoms with Gasteiger partial charge in [-0.15, -0.1) is 0 Å². The Morgan fingerprint density at radius 1 is 0.958 bits per heavy atom. The van der Waals surface area contributed by atoms with Crippen LogP contribution >= 0.6 is 23.2 Å². The van der Waals surface area contributed by atoms with Crippen molar-refractivity contribution in [3.63, 3.8) is 0 Å². The quantitative estimate of drug-likeness (QED) is 0.139. The highest BCUT2D eigenvalue weighted by Gasteiger charge is 2.22.